The van der Waals surface area contributed by atoms with E-state index in [1.54, 1.807) is 18.2 Å². The molecule has 3 heteroatoms. The molecule has 0 heterocycles. The quantitative estimate of drug-likeness (QED) is 0.811. The molecular formula is C13H17F2N. The minimum absolute atomic E-state index is 0.0865. The van der Waals surface area contributed by atoms with Crippen LogP contribution in [0.4, 0.5) is 8.78 Å². The summed E-state index contributed by atoms with van der Waals surface area (Å²) < 4.78 is 27.4. The Morgan fingerprint density at radius 2 is 1.88 bits per heavy atom. The monoisotopic (exact) mass is 225 g/mol. The van der Waals surface area contributed by atoms with Crippen molar-refractivity contribution in [3.05, 3.63) is 35.9 Å². The van der Waals surface area contributed by atoms with Crippen molar-refractivity contribution in [1.29, 1.82) is 0 Å². The molecule has 0 bridgehead atoms. The molecule has 1 aromatic rings. The number of alkyl halides is 2. The van der Waals surface area contributed by atoms with E-state index >= 15 is 0 Å². The Balaban J connectivity index is 1.87. The SMILES string of the molecule is CC1(CNCC(F)(F)c2ccccc2)CC1. The Labute approximate surface area is 94.9 Å². The summed E-state index contributed by atoms with van der Waals surface area (Å²) in [5, 5.41) is 2.88. The zero-order valence-corrected chi connectivity index (χ0v) is 9.47. The van der Waals surface area contributed by atoms with E-state index in [1.165, 1.54) is 12.1 Å². The van der Waals surface area contributed by atoms with Crippen LogP contribution >= 0.6 is 0 Å². The molecule has 1 fully saturated rings. The Bertz CT molecular complexity index is 344. The van der Waals surface area contributed by atoms with Crippen LogP contribution in [-0.4, -0.2) is 13.1 Å². The second-order valence-electron chi connectivity index (χ2n) is 4.98. The lowest BCUT2D eigenvalue weighted by molar-refractivity contribution is -0.00389. The molecule has 0 aliphatic heterocycles. The molecule has 0 unspecified atom stereocenters. The van der Waals surface area contributed by atoms with Gasteiger partial charge in [0.25, 0.3) is 5.92 Å². The van der Waals surface area contributed by atoms with Gasteiger partial charge in [-0.3, -0.25) is 0 Å². The smallest absolute Gasteiger partial charge is 0.285 e. The van der Waals surface area contributed by atoms with Gasteiger partial charge in [-0.2, -0.15) is 8.78 Å². The van der Waals surface area contributed by atoms with Crippen molar-refractivity contribution in [2.75, 3.05) is 13.1 Å². The molecule has 0 spiro atoms. The van der Waals surface area contributed by atoms with E-state index in [0.717, 1.165) is 12.8 Å². The summed E-state index contributed by atoms with van der Waals surface area (Å²) in [6.07, 6.45) is 2.30. The Kier molecular flexibility index (Phi) is 2.98. The molecule has 1 nitrogen and oxygen atoms in total. The highest BCUT2D eigenvalue weighted by molar-refractivity contribution is 5.20. The van der Waals surface area contributed by atoms with E-state index in [2.05, 4.69) is 12.2 Å². The maximum Gasteiger partial charge on any atom is 0.285 e. The number of nitrogens with one attached hydrogen (secondary N) is 1. The molecule has 1 aliphatic carbocycles. The Morgan fingerprint density at radius 3 is 2.44 bits per heavy atom. The van der Waals surface area contributed by atoms with Crippen LogP contribution < -0.4 is 5.32 Å². The Hall–Kier alpha value is -0.960. The maximum atomic E-state index is 13.7. The number of halogens is 2. The molecule has 16 heavy (non-hydrogen) atoms. The first kappa shape index (κ1) is 11.5. The number of hydrogen-bond acceptors (Lipinski definition) is 1. The molecule has 0 saturated heterocycles. The number of hydrogen-bond donors (Lipinski definition) is 1. The van der Waals surface area contributed by atoms with Crippen LogP contribution in [-0.2, 0) is 5.92 Å². The van der Waals surface area contributed by atoms with Gasteiger partial charge in [0, 0.05) is 12.1 Å². The maximum absolute atomic E-state index is 13.7. The second kappa shape index (κ2) is 4.13. The third kappa shape index (κ3) is 2.79. The first-order valence-corrected chi connectivity index (χ1v) is 5.66. The summed E-state index contributed by atoms with van der Waals surface area (Å²) >= 11 is 0. The van der Waals surface area contributed by atoms with Gasteiger partial charge in [0.15, 0.2) is 0 Å². The fourth-order valence-electron chi connectivity index (χ4n) is 1.70. The van der Waals surface area contributed by atoms with Gasteiger partial charge in [0.1, 0.15) is 0 Å². The van der Waals surface area contributed by atoms with Crippen molar-refractivity contribution in [1.82, 2.24) is 5.32 Å². The highest BCUT2D eigenvalue weighted by Crippen LogP contribution is 2.44. The topological polar surface area (TPSA) is 12.0 Å². The normalized spacial score (nSPS) is 18.4. The van der Waals surface area contributed by atoms with E-state index in [0.29, 0.717) is 6.54 Å². The fourth-order valence-corrected chi connectivity index (χ4v) is 1.70. The first-order valence-electron chi connectivity index (χ1n) is 5.66. The van der Waals surface area contributed by atoms with Crippen molar-refractivity contribution >= 4 is 0 Å². The summed E-state index contributed by atoms with van der Waals surface area (Å²) in [4.78, 5) is 0. The lowest BCUT2D eigenvalue weighted by Gasteiger charge is -2.18. The third-order valence-corrected chi connectivity index (χ3v) is 3.20. The van der Waals surface area contributed by atoms with E-state index in [4.69, 9.17) is 0 Å². The molecule has 1 aliphatic rings. The number of benzene rings is 1. The molecule has 0 aromatic heterocycles. The molecular weight excluding hydrogens is 208 g/mol. The molecule has 0 radical (unpaired) electrons. The molecule has 1 N–H and O–H groups in total. The minimum atomic E-state index is -2.77. The highest BCUT2D eigenvalue weighted by atomic mass is 19.3. The average Bonchev–Trinajstić information content (AvgIpc) is 2.98. The largest absolute Gasteiger partial charge is 0.310 e. The predicted octanol–water partition coefficient (Wildman–Crippen LogP) is 3.17. The lowest BCUT2D eigenvalue weighted by atomic mass is 10.1. The van der Waals surface area contributed by atoms with Gasteiger partial charge in [0.05, 0.1) is 6.54 Å². The fraction of sp³-hybridized carbons (Fsp3) is 0.538. The van der Waals surface area contributed by atoms with Gasteiger partial charge < -0.3 is 5.32 Å². The van der Waals surface area contributed by atoms with E-state index < -0.39 is 5.92 Å². The summed E-state index contributed by atoms with van der Waals surface area (Å²) in [6, 6.07) is 7.98. The van der Waals surface area contributed by atoms with Gasteiger partial charge in [-0.1, -0.05) is 37.3 Å². The third-order valence-electron chi connectivity index (χ3n) is 3.20. The summed E-state index contributed by atoms with van der Waals surface area (Å²) in [5.41, 5.74) is 0.357. The van der Waals surface area contributed by atoms with Crippen molar-refractivity contribution < 1.29 is 8.78 Å². The molecule has 0 amide bonds. The second-order valence-corrected chi connectivity index (χ2v) is 4.98. The molecule has 1 saturated carbocycles. The van der Waals surface area contributed by atoms with Crippen LogP contribution in [0.25, 0.3) is 0 Å². The standard InChI is InChI=1S/C13H17F2N/c1-12(7-8-12)9-16-10-13(14,15)11-5-3-2-4-6-11/h2-6,16H,7-10H2,1H3. The van der Waals surface area contributed by atoms with Crippen LogP contribution in [0, 0.1) is 5.41 Å². The highest BCUT2D eigenvalue weighted by Gasteiger charge is 2.38. The zero-order valence-electron chi connectivity index (χ0n) is 9.47. The summed E-state index contributed by atoms with van der Waals surface area (Å²) in [7, 11) is 0. The predicted molar refractivity (Wildman–Crippen MR) is 60.5 cm³/mol. The Morgan fingerprint density at radius 1 is 1.25 bits per heavy atom. The zero-order chi connectivity index (χ0) is 11.6. The first-order chi connectivity index (χ1) is 7.52. The van der Waals surface area contributed by atoms with Crippen LogP contribution in [0.15, 0.2) is 30.3 Å². The van der Waals surface area contributed by atoms with Gasteiger partial charge in [-0.25, -0.2) is 0 Å². The molecule has 0 atom stereocenters. The van der Waals surface area contributed by atoms with E-state index in [1.807, 2.05) is 0 Å². The van der Waals surface area contributed by atoms with Crippen molar-refractivity contribution in [3.63, 3.8) is 0 Å². The average molecular weight is 225 g/mol. The molecule has 1 aromatic carbocycles. The van der Waals surface area contributed by atoms with Crippen LogP contribution in [0.2, 0.25) is 0 Å². The number of rotatable bonds is 5. The van der Waals surface area contributed by atoms with Crippen molar-refractivity contribution in [3.8, 4) is 0 Å². The van der Waals surface area contributed by atoms with Gasteiger partial charge in [0.2, 0.25) is 0 Å². The summed E-state index contributed by atoms with van der Waals surface area (Å²) in [5.74, 6) is -2.77. The minimum Gasteiger partial charge on any atom is -0.310 e. The van der Waals surface area contributed by atoms with Gasteiger partial charge >= 0.3 is 0 Å². The van der Waals surface area contributed by atoms with Gasteiger partial charge in [-0.15, -0.1) is 0 Å². The van der Waals surface area contributed by atoms with Gasteiger partial charge in [-0.05, 0) is 18.3 Å². The van der Waals surface area contributed by atoms with Crippen LogP contribution in [0.5, 0.6) is 0 Å². The van der Waals surface area contributed by atoms with Crippen LogP contribution in [0.1, 0.15) is 25.3 Å². The van der Waals surface area contributed by atoms with Crippen molar-refractivity contribution in [2.24, 2.45) is 5.41 Å². The van der Waals surface area contributed by atoms with Crippen molar-refractivity contribution in [2.45, 2.75) is 25.7 Å². The molecule has 2 rings (SSSR count). The van der Waals surface area contributed by atoms with Crippen LogP contribution in [0.3, 0.4) is 0 Å². The lowest BCUT2D eigenvalue weighted by Crippen LogP contribution is -2.33. The van der Waals surface area contributed by atoms with E-state index in [-0.39, 0.29) is 17.5 Å². The molecule has 88 valence electrons. The summed E-state index contributed by atoms with van der Waals surface area (Å²) in [6.45, 7) is 2.54. The van der Waals surface area contributed by atoms with E-state index in [9.17, 15) is 8.78 Å².